The summed E-state index contributed by atoms with van der Waals surface area (Å²) in [7, 11) is 0. The number of hydrogen-bond acceptors (Lipinski definition) is 3. The van der Waals surface area contributed by atoms with Gasteiger partial charge in [0.25, 0.3) is 0 Å². The molecule has 0 atom stereocenters. The fraction of sp³-hybridized carbons (Fsp3) is 0.889. The van der Waals surface area contributed by atoms with Crippen LogP contribution in [0.5, 0.6) is 0 Å². The number of likely N-dealkylation sites (tertiary alicyclic amines) is 1. The van der Waals surface area contributed by atoms with Crippen LogP contribution >= 0.6 is 0 Å². The van der Waals surface area contributed by atoms with Crippen molar-refractivity contribution in [1.82, 2.24) is 4.90 Å². The summed E-state index contributed by atoms with van der Waals surface area (Å²) in [5.41, 5.74) is 0.409. The topological polar surface area (TPSA) is 47.3 Å². The van der Waals surface area contributed by atoms with E-state index < -0.39 is 0 Å². The van der Waals surface area contributed by atoms with Gasteiger partial charge in [-0.25, -0.2) is 0 Å². The molecule has 0 radical (unpaired) electrons. The first kappa shape index (κ1) is 7.88. The van der Waals surface area contributed by atoms with Crippen molar-refractivity contribution in [1.29, 1.82) is 5.26 Å². The lowest BCUT2D eigenvalue weighted by molar-refractivity contribution is -0.0614. The fourth-order valence-electron chi connectivity index (χ4n) is 2.43. The number of nitrogens with zero attached hydrogens (tertiary/aromatic N) is 2. The van der Waals surface area contributed by atoms with E-state index in [0.29, 0.717) is 5.41 Å². The van der Waals surface area contributed by atoms with Gasteiger partial charge in [0, 0.05) is 13.1 Å². The average Bonchev–Trinajstić information content (AvgIpc) is 2.04. The van der Waals surface area contributed by atoms with Crippen LogP contribution in [0, 0.1) is 16.9 Å². The Hall–Kier alpha value is -0.750. The van der Waals surface area contributed by atoms with E-state index in [4.69, 9.17) is 5.26 Å². The fourth-order valence-corrected chi connectivity index (χ4v) is 2.43. The third kappa shape index (κ3) is 1.16. The molecule has 2 rings (SSSR count). The number of hydrogen-bond donors (Lipinski definition) is 1. The highest BCUT2D eigenvalue weighted by Crippen LogP contribution is 2.48. The maximum absolute atomic E-state index is 9.21. The minimum absolute atomic E-state index is 0.0568. The first-order valence-corrected chi connectivity index (χ1v) is 4.57. The van der Waals surface area contributed by atoms with Gasteiger partial charge in [-0.05, 0) is 31.1 Å². The van der Waals surface area contributed by atoms with E-state index in [0.717, 1.165) is 38.8 Å². The predicted octanol–water partition coefficient (Wildman–Crippen LogP) is 0.704. The van der Waals surface area contributed by atoms with Crippen molar-refractivity contribution < 1.29 is 5.11 Å². The van der Waals surface area contributed by atoms with Crippen molar-refractivity contribution in [3.05, 3.63) is 0 Å². The lowest BCUT2D eigenvalue weighted by atomic mass is 9.61. The van der Waals surface area contributed by atoms with Crippen LogP contribution in [-0.4, -0.2) is 29.2 Å². The number of aliphatic hydroxyl groups excluding tert-OH is 1. The van der Waals surface area contributed by atoms with Crippen LogP contribution in [0.25, 0.3) is 0 Å². The van der Waals surface area contributed by atoms with Gasteiger partial charge in [-0.15, -0.1) is 0 Å². The Morgan fingerprint density at radius 1 is 1.33 bits per heavy atom. The number of rotatable bonds is 0. The summed E-state index contributed by atoms with van der Waals surface area (Å²) < 4.78 is 0. The Morgan fingerprint density at radius 3 is 2.33 bits per heavy atom. The van der Waals surface area contributed by atoms with Gasteiger partial charge in [-0.2, -0.15) is 5.26 Å². The monoisotopic (exact) mass is 166 g/mol. The predicted molar refractivity (Wildman–Crippen MR) is 44.1 cm³/mol. The molecule has 3 nitrogen and oxygen atoms in total. The number of nitriles is 1. The summed E-state index contributed by atoms with van der Waals surface area (Å²) in [5, 5.41) is 17.8. The van der Waals surface area contributed by atoms with Gasteiger partial charge in [0.1, 0.15) is 0 Å². The third-order valence-electron chi connectivity index (χ3n) is 3.30. The molecule has 12 heavy (non-hydrogen) atoms. The lowest BCUT2D eigenvalue weighted by Crippen LogP contribution is -2.47. The Balaban J connectivity index is 1.88. The van der Waals surface area contributed by atoms with E-state index in [1.165, 1.54) is 0 Å². The van der Waals surface area contributed by atoms with Gasteiger partial charge in [0.2, 0.25) is 0 Å². The molecule has 1 spiro atoms. The second kappa shape index (κ2) is 2.63. The van der Waals surface area contributed by atoms with Gasteiger partial charge in [0.05, 0.1) is 6.10 Å². The maximum Gasteiger partial charge on any atom is 0.179 e. The van der Waals surface area contributed by atoms with E-state index in [9.17, 15) is 5.11 Å². The van der Waals surface area contributed by atoms with E-state index in [1.54, 1.807) is 0 Å². The Kier molecular flexibility index (Phi) is 1.73. The van der Waals surface area contributed by atoms with Crippen LogP contribution in [0.3, 0.4) is 0 Å². The van der Waals surface area contributed by atoms with Crippen molar-refractivity contribution in [3.8, 4) is 6.19 Å². The summed E-state index contributed by atoms with van der Waals surface area (Å²) in [6.45, 7) is 1.78. The quantitative estimate of drug-likeness (QED) is 0.539. The smallest absolute Gasteiger partial charge is 0.179 e. The maximum atomic E-state index is 9.21. The zero-order valence-corrected chi connectivity index (χ0v) is 7.16. The standard InChI is InChI=1S/C9H14N2O/c10-7-11-3-1-9(2-4-11)5-8(12)6-9/h8,12H,1-6H2. The van der Waals surface area contributed by atoms with Gasteiger partial charge >= 0.3 is 0 Å². The van der Waals surface area contributed by atoms with Crippen LogP contribution in [0.15, 0.2) is 0 Å². The Labute approximate surface area is 72.6 Å². The molecule has 2 fully saturated rings. The molecule has 0 aromatic heterocycles. The minimum atomic E-state index is -0.0568. The molecule has 3 heteroatoms. The highest BCUT2D eigenvalue weighted by Gasteiger charge is 2.44. The highest BCUT2D eigenvalue weighted by molar-refractivity contribution is 4.98. The largest absolute Gasteiger partial charge is 0.393 e. The van der Waals surface area contributed by atoms with Crippen molar-refractivity contribution >= 4 is 0 Å². The molecule has 1 heterocycles. The minimum Gasteiger partial charge on any atom is -0.393 e. The van der Waals surface area contributed by atoms with Crippen LogP contribution in [0.2, 0.25) is 0 Å². The molecule has 0 unspecified atom stereocenters. The van der Waals surface area contributed by atoms with Crippen molar-refractivity contribution in [2.45, 2.75) is 31.8 Å². The van der Waals surface area contributed by atoms with Crippen LogP contribution < -0.4 is 0 Å². The van der Waals surface area contributed by atoms with Gasteiger partial charge in [0.15, 0.2) is 6.19 Å². The molecule has 1 N–H and O–H groups in total. The first-order chi connectivity index (χ1) is 5.74. The molecule has 0 amide bonds. The Bertz CT molecular complexity index is 205. The zero-order chi connectivity index (χ0) is 8.60. The first-order valence-electron chi connectivity index (χ1n) is 4.57. The molecular formula is C9H14N2O. The summed E-state index contributed by atoms with van der Waals surface area (Å²) in [5.74, 6) is 0. The van der Waals surface area contributed by atoms with Crippen LogP contribution in [-0.2, 0) is 0 Å². The van der Waals surface area contributed by atoms with Crippen LogP contribution in [0.4, 0.5) is 0 Å². The van der Waals surface area contributed by atoms with E-state index >= 15 is 0 Å². The van der Waals surface area contributed by atoms with E-state index in [2.05, 4.69) is 6.19 Å². The summed E-state index contributed by atoms with van der Waals surface area (Å²) in [6, 6.07) is 0. The van der Waals surface area contributed by atoms with Crippen molar-refractivity contribution in [3.63, 3.8) is 0 Å². The SMILES string of the molecule is N#CN1CCC2(CC1)CC(O)C2. The van der Waals surface area contributed by atoms with Crippen molar-refractivity contribution in [2.24, 2.45) is 5.41 Å². The second-order valence-corrected chi connectivity index (χ2v) is 4.15. The van der Waals surface area contributed by atoms with Gasteiger partial charge in [-0.1, -0.05) is 0 Å². The highest BCUT2D eigenvalue weighted by atomic mass is 16.3. The third-order valence-corrected chi connectivity index (χ3v) is 3.30. The molecule has 0 aromatic rings. The molecule has 1 saturated carbocycles. The van der Waals surface area contributed by atoms with E-state index in [1.807, 2.05) is 4.90 Å². The summed E-state index contributed by atoms with van der Waals surface area (Å²) in [6.07, 6.45) is 6.23. The number of piperidine rings is 1. The molecule has 1 aliphatic heterocycles. The Morgan fingerprint density at radius 2 is 1.92 bits per heavy atom. The molecule has 66 valence electrons. The van der Waals surface area contributed by atoms with Gasteiger partial charge < -0.3 is 10.0 Å². The van der Waals surface area contributed by atoms with Crippen molar-refractivity contribution in [2.75, 3.05) is 13.1 Å². The average molecular weight is 166 g/mol. The lowest BCUT2D eigenvalue weighted by Gasteiger charge is -2.49. The molecule has 1 saturated heterocycles. The zero-order valence-electron chi connectivity index (χ0n) is 7.16. The molecule has 0 bridgehead atoms. The van der Waals surface area contributed by atoms with Crippen LogP contribution in [0.1, 0.15) is 25.7 Å². The molecular weight excluding hydrogens is 152 g/mol. The second-order valence-electron chi connectivity index (χ2n) is 4.15. The summed E-state index contributed by atoms with van der Waals surface area (Å²) in [4.78, 5) is 1.82. The number of aliphatic hydroxyl groups is 1. The molecule has 2 aliphatic rings. The summed E-state index contributed by atoms with van der Waals surface area (Å²) >= 11 is 0. The normalized spacial score (nSPS) is 28.2. The molecule has 1 aliphatic carbocycles. The van der Waals surface area contributed by atoms with E-state index in [-0.39, 0.29) is 6.10 Å². The molecule has 0 aromatic carbocycles. The van der Waals surface area contributed by atoms with Gasteiger partial charge in [-0.3, -0.25) is 0 Å².